The van der Waals surface area contributed by atoms with Crippen molar-refractivity contribution >= 4 is 23.3 Å². The molecule has 1 aromatic heterocycles. The number of pyridine rings is 1. The van der Waals surface area contributed by atoms with Gasteiger partial charge in [-0.3, -0.25) is 19.8 Å². The van der Waals surface area contributed by atoms with Crippen molar-refractivity contribution in [3.8, 4) is 0 Å². The van der Waals surface area contributed by atoms with Crippen LogP contribution in [0.2, 0.25) is 0 Å². The van der Waals surface area contributed by atoms with Gasteiger partial charge in [0.15, 0.2) is 12.4 Å². The van der Waals surface area contributed by atoms with Gasteiger partial charge in [0.1, 0.15) is 11.3 Å². The minimum absolute atomic E-state index is 0.110. The standard InChI is InChI=1S/C22H26N4O3/c27-20-10-4-6-17(14-20)11-12-23-25-22(29)18-7-5-13-26(15-18)16-21(28)24-19-8-2-1-3-9-19/h1-3,5,7-9,13,15,17,23H,4,6,10-12,14,16H2,(H-,24,25,28,29)/p+1. The molecule has 1 aliphatic carbocycles. The van der Waals surface area contributed by atoms with E-state index < -0.39 is 0 Å². The van der Waals surface area contributed by atoms with Crippen LogP contribution in [-0.2, 0) is 16.1 Å². The van der Waals surface area contributed by atoms with Gasteiger partial charge < -0.3 is 5.32 Å². The molecular weight excluding hydrogens is 368 g/mol. The SMILES string of the molecule is O=C1CCCC(CCNNC(=O)c2ccc[n+](CC(=O)Nc3ccccc3)c2)C1. The van der Waals surface area contributed by atoms with Crippen molar-refractivity contribution in [2.75, 3.05) is 11.9 Å². The fourth-order valence-electron chi connectivity index (χ4n) is 3.49. The molecule has 1 saturated carbocycles. The van der Waals surface area contributed by atoms with Crippen LogP contribution in [0, 0.1) is 5.92 Å². The van der Waals surface area contributed by atoms with Gasteiger partial charge in [0, 0.05) is 31.1 Å². The lowest BCUT2D eigenvalue weighted by molar-refractivity contribution is -0.684. The summed E-state index contributed by atoms with van der Waals surface area (Å²) in [5.41, 5.74) is 6.81. The van der Waals surface area contributed by atoms with E-state index in [1.165, 1.54) is 0 Å². The molecule has 3 rings (SSSR count). The third-order valence-corrected chi connectivity index (χ3v) is 4.97. The van der Waals surface area contributed by atoms with Crippen LogP contribution in [0.4, 0.5) is 5.69 Å². The summed E-state index contributed by atoms with van der Waals surface area (Å²) in [5.74, 6) is 0.319. The van der Waals surface area contributed by atoms with Gasteiger partial charge in [0.25, 0.3) is 11.8 Å². The number of carbonyl (C=O) groups is 3. The van der Waals surface area contributed by atoms with Gasteiger partial charge in [-0.05, 0) is 43.4 Å². The Morgan fingerprint density at radius 3 is 2.72 bits per heavy atom. The Balaban J connectivity index is 1.43. The first-order valence-electron chi connectivity index (χ1n) is 9.99. The third kappa shape index (κ3) is 6.80. The molecule has 1 aliphatic rings. The van der Waals surface area contributed by atoms with Gasteiger partial charge in [-0.2, -0.15) is 4.57 Å². The molecule has 1 unspecified atom stereocenters. The van der Waals surface area contributed by atoms with Crippen LogP contribution in [0.1, 0.15) is 42.5 Å². The normalized spacial score (nSPS) is 16.3. The molecule has 7 nitrogen and oxygen atoms in total. The maximum atomic E-state index is 12.3. The Morgan fingerprint density at radius 2 is 1.93 bits per heavy atom. The highest BCUT2D eigenvalue weighted by Crippen LogP contribution is 2.23. The highest BCUT2D eigenvalue weighted by Gasteiger charge is 2.19. The number of rotatable bonds is 8. The van der Waals surface area contributed by atoms with Crippen molar-refractivity contribution in [3.05, 3.63) is 60.4 Å². The average molecular weight is 395 g/mol. The first-order chi connectivity index (χ1) is 14.1. The number of hydrogen-bond donors (Lipinski definition) is 3. The number of anilines is 1. The molecule has 29 heavy (non-hydrogen) atoms. The Bertz CT molecular complexity index is 854. The smallest absolute Gasteiger partial charge is 0.290 e. The van der Waals surface area contributed by atoms with Crippen LogP contribution in [0.5, 0.6) is 0 Å². The van der Waals surface area contributed by atoms with Crippen LogP contribution in [0.3, 0.4) is 0 Å². The number of nitrogens with zero attached hydrogens (tertiary/aromatic N) is 1. The van der Waals surface area contributed by atoms with Gasteiger partial charge >= 0.3 is 0 Å². The topological polar surface area (TPSA) is 91.2 Å². The second-order valence-corrected chi connectivity index (χ2v) is 7.35. The zero-order valence-electron chi connectivity index (χ0n) is 16.4. The number of benzene rings is 1. The van der Waals surface area contributed by atoms with Crippen molar-refractivity contribution in [1.82, 2.24) is 10.9 Å². The molecule has 1 heterocycles. The summed E-state index contributed by atoms with van der Waals surface area (Å²) in [6.07, 6.45) is 7.65. The molecule has 3 N–H and O–H groups in total. The summed E-state index contributed by atoms with van der Waals surface area (Å²) in [6, 6.07) is 12.7. The second kappa shape index (κ2) is 10.5. The summed E-state index contributed by atoms with van der Waals surface area (Å²) in [4.78, 5) is 36.0. The third-order valence-electron chi connectivity index (χ3n) is 4.97. The number of Topliss-reactive ketones (excluding diaryl/α,β-unsaturated/α-hetero) is 1. The van der Waals surface area contributed by atoms with Crippen molar-refractivity contribution in [2.24, 2.45) is 5.92 Å². The fraction of sp³-hybridized carbons (Fsp3) is 0.364. The van der Waals surface area contributed by atoms with Crippen molar-refractivity contribution in [3.63, 3.8) is 0 Å². The Labute approximate surface area is 170 Å². The molecule has 1 aromatic carbocycles. The quantitative estimate of drug-likeness (QED) is 0.362. The lowest BCUT2D eigenvalue weighted by Gasteiger charge is -2.20. The maximum Gasteiger partial charge on any atom is 0.290 e. The molecule has 0 bridgehead atoms. The second-order valence-electron chi connectivity index (χ2n) is 7.35. The molecule has 0 aliphatic heterocycles. The summed E-state index contributed by atoms with van der Waals surface area (Å²) in [7, 11) is 0. The van der Waals surface area contributed by atoms with Crippen molar-refractivity contribution < 1.29 is 19.0 Å². The molecule has 0 saturated heterocycles. The van der Waals surface area contributed by atoms with Crippen LogP contribution < -0.4 is 20.7 Å². The number of hydrazine groups is 1. The van der Waals surface area contributed by atoms with E-state index in [0.717, 1.165) is 24.9 Å². The number of amides is 2. The first kappa shape index (κ1) is 20.7. The lowest BCUT2D eigenvalue weighted by atomic mass is 9.86. The molecule has 1 fully saturated rings. The van der Waals surface area contributed by atoms with E-state index in [1.54, 1.807) is 29.1 Å². The summed E-state index contributed by atoms with van der Waals surface area (Å²) in [5, 5.41) is 2.82. The highest BCUT2D eigenvalue weighted by molar-refractivity contribution is 5.93. The molecule has 0 spiro atoms. The Hall–Kier alpha value is -3.06. The molecule has 1 atom stereocenters. The predicted molar refractivity (Wildman–Crippen MR) is 109 cm³/mol. The fourth-order valence-corrected chi connectivity index (χ4v) is 3.49. The molecule has 2 aromatic rings. The summed E-state index contributed by atoms with van der Waals surface area (Å²) >= 11 is 0. The number of para-hydroxylation sites is 1. The van der Waals surface area contributed by atoms with E-state index in [2.05, 4.69) is 16.2 Å². The van der Waals surface area contributed by atoms with E-state index in [1.807, 2.05) is 30.3 Å². The summed E-state index contributed by atoms with van der Waals surface area (Å²) < 4.78 is 1.67. The maximum absolute atomic E-state index is 12.3. The molecular formula is C22H27N4O3+. The van der Waals surface area contributed by atoms with Gasteiger partial charge in [-0.15, -0.1) is 0 Å². The van der Waals surface area contributed by atoms with Crippen LogP contribution in [-0.4, -0.2) is 24.1 Å². The van der Waals surface area contributed by atoms with Crippen LogP contribution >= 0.6 is 0 Å². The molecule has 2 amide bonds. The number of aromatic nitrogens is 1. The van der Waals surface area contributed by atoms with Gasteiger partial charge in [0.05, 0.1) is 0 Å². The zero-order chi connectivity index (χ0) is 20.5. The average Bonchev–Trinajstić information content (AvgIpc) is 2.72. The van der Waals surface area contributed by atoms with E-state index >= 15 is 0 Å². The van der Waals surface area contributed by atoms with Gasteiger partial charge in [0.2, 0.25) is 6.54 Å². The zero-order valence-corrected chi connectivity index (χ0v) is 16.4. The predicted octanol–water partition coefficient (Wildman–Crippen LogP) is 2.00. The van der Waals surface area contributed by atoms with E-state index in [9.17, 15) is 14.4 Å². The number of nitrogens with one attached hydrogen (secondary N) is 3. The molecule has 152 valence electrons. The highest BCUT2D eigenvalue weighted by atomic mass is 16.2. The first-order valence-corrected chi connectivity index (χ1v) is 9.99. The number of hydrogen-bond acceptors (Lipinski definition) is 4. The van der Waals surface area contributed by atoms with Crippen molar-refractivity contribution in [1.29, 1.82) is 0 Å². The van der Waals surface area contributed by atoms with Gasteiger partial charge in [-0.25, -0.2) is 5.43 Å². The van der Waals surface area contributed by atoms with Crippen molar-refractivity contribution in [2.45, 2.75) is 38.6 Å². The van der Waals surface area contributed by atoms with E-state index in [4.69, 9.17) is 0 Å². The van der Waals surface area contributed by atoms with E-state index in [-0.39, 0.29) is 18.4 Å². The summed E-state index contributed by atoms with van der Waals surface area (Å²) in [6.45, 7) is 0.731. The Morgan fingerprint density at radius 1 is 1.10 bits per heavy atom. The van der Waals surface area contributed by atoms with Crippen LogP contribution in [0.15, 0.2) is 54.9 Å². The van der Waals surface area contributed by atoms with E-state index in [0.29, 0.717) is 36.7 Å². The monoisotopic (exact) mass is 395 g/mol. The number of ketones is 1. The molecule has 7 heteroatoms. The minimum atomic E-state index is -0.262. The minimum Gasteiger partial charge on any atom is -0.321 e. The van der Waals surface area contributed by atoms with Crippen LogP contribution in [0.25, 0.3) is 0 Å². The lowest BCUT2D eigenvalue weighted by Crippen LogP contribution is -2.43. The number of carbonyl (C=O) groups excluding carboxylic acids is 3. The van der Waals surface area contributed by atoms with Gasteiger partial charge in [-0.1, -0.05) is 18.2 Å². The molecule has 0 radical (unpaired) electrons. The Kier molecular flexibility index (Phi) is 7.47. The largest absolute Gasteiger partial charge is 0.321 e.